The molecule has 2 rings (SSSR count). The monoisotopic (exact) mass is 313 g/mol. The summed E-state index contributed by atoms with van der Waals surface area (Å²) < 4.78 is 44.0. The van der Waals surface area contributed by atoms with Crippen molar-refractivity contribution in [3.8, 4) is 17.7 Å². The summed E-state index contributed by atoms with van der Waals surface area (Å²) in [5.41, 5.74) is 4.38. The molecular weight excluding hydrogens is 307 g/mol. The lowest BCUT2D eigenvalue weighted by molar-refractivity contribution is -0.138. The summed E-state index contributed by atoms with van der Waals surface area (Å²) in [6, 6.07) is 7.30. The molecule has 0 aliphatic heterocycles. The molecule has 0 fully saturated rings. The van der Waals surface area contributed by atoms with E-state index in [-0.39, 0.29) is 22.3 Å². The number of nitrogen functional groups attached to an aromatic ring is 1. The molecule has 0 aliphatic rings. The summed E-state index contributed by atoms with van der Waals surface area (Å²) in [7, 11) is 0. The fourth-order valence-corrected chi connectivity index (χ4v) is 1.66. The largest absolute Gasteiger partial charge is 0.436 e. The van der Waals surface area contributed by atoms with E-state index in [2.05, 4.69) is 4.98 Å². The van der Waals surface area contributed by atoms with Crippen molar-refractivity contribution in [1.82, 2.24) is 4.98 Å². The van der Waals surface area contributed by atoms with Gasteiger partial charge < -0.3 is 10.5 Å². The highest BCUT2D eigenvalue weighted by Crippen LogP contribution is 2.39. The first-order valence-electron chi connectivity index (χ1n) is 5.52. The van der Waals surface area contributed by atoms with E-state index in [0.717, 1.165) is 6.07 Å². The molecular formula is C13H7ClF3N3O. The van der Waals surface area contributed by atoms with Gasteiger partial charge >= 0.3 is 6.18 Å². The molecule has 4 nitrogen and oxygen atoms in total. The van der Waals surface area contributed by atoms with Gasteiger partial charge in [-0.2, -0.15) is 23.4 Å². The molecule has 0 saturated heterocycles. The highest BCUT2D eigenvalue weighted by atomic mass is 35.5. The molecule has 0 saturated carbocycles. The minimum atomic E-state index is -4.68. The van der Waals surface area contributed by atoms with Crippen molar-refractivity contribution in [3.63, 3.8) is 0 Å². The molecule has 1 heterocycles. The number of nitriles is 1. The van der Waals surface area contributed by atoms with Gasteiger partial charge in [-0.3, -0.25) is 0 Å². The van der Waals surface area contributed by atoms with E-state index in [1.165, 1.54) is 18.2 Å². The van der Waals surface area contributed by atoms with E-state index in [9.17, 15) is 13.2 Å². The molecule has 1 aromatic carbocycles. The third kappa shape index (κ3) is 3.35. The number of alkyl halides is 3. The minimum Gasteiger partial charge on any atom is -0.436 e. The number of anilines is 1. The van der Waals surface area contributed by atoms with Crippen LogP contribution in [0.4, 0.5) is 18.9 Å². The van der Waals surface area contributed by atoms with Crippen molar-refractivity contribution in [2.24, 2.45) is 0 Å². The van der Waals surface area contributed by atoms with Gasteiger partial charge in [0.2, 0.25) is 5.88 Å². The van der Waals surface area contributed by atoms with Crippen molar-refractivity contribution in [3.05, 3.63) is 46.6 Å². The molecule has 0 amide bonds. The van der Waals surface area contributed by atoms with E-state index in [1.54, 1.807) is 6.07 Å². The third-order valence-electron chi connectivity index (χ3n) is 2.48. The number of rotatable bonds is 2. The number of ether oxygens (including phenoxy) is 1. The lowest BCUT2D eigenvalue weighted by atomic mass is 10.1. The molecule has 0 bridgehead atoms. The van der Waals surface area contributed by atoms with Crippen LogP contribution in [0.5, 0.6) is 11.6 Å². The zero-order valence-electron chi connectivity index (χ0n) is 10.3. The molecule has 0 radical (unpaired) electrons. The minimum absolute atomic E-state index is 0.0291. The fourth-order valence-electron chi connectivity index (χ4n) is 1.52. The third-order valence-corrected chi connectivity index (χ3v) is 2.69. The molecule has 1 aromatic heterocycles. The number of aromatic nitrogens is 1. The van der Waals surface area contributed by atoms with Gasteiger partial charge in [0.05, 0.1) is 22.9 Å². The highest BCUT2D eigenvalue weighted by molar-refractivity contribution is 6.29. The Balaban J connectivity index is 2.49. The van der Waals surface area contributed by atoms with E-state index in [0.29, 0.717) is 6.07 Å². The maximum atomic E-state index is 13.0. The molecule has 8 heteroatoms. The molecule has 21 heavy (non-hydrogen) atoms. The first-order valence-corrected chi connectivity index (χ1v) is 5.90. The first-order chi connectivity index (χ1) is 9.81. The summed E-state index contributed by atoms with van der Waals surface area (Å²) in [6.45, 7) is 0. The van der Waals surface area contributed by atoms with Gasteiger partial charge in [0, 0.05) is 0 Å². The number of benzene rings is 1. The van der Waals surface area contributed by atoms with Gasteiger partial charge in [0.1, 0.15) is 10.9 Å². The second-order valence-electron chi connectivity index (χ2n) is 3.95. The number of hydrogen-bond donors (Lipinski definition) is 1. The summed E-state index contributed by atoms with van der Waals surface area (Å²) in [5.74, 6) is -0.749. The van der Waals surface area contributed by atoms with Crippen LogP contribution < -0.4 is 10.5 Å². The van der Waals surface area contributed by atoms with Crippen LogP contribution >= 0.6 is 11.6 Å². The Kier molecular flexibility index (Phi) is 3.91. The molecule has 0 unspecified atom stereocenters. The predicted octanol–water partition coefficient (Wildman–Crippen LogP) is 4.00. The smallest absolute Gasteiger partial charge is 0.420 e. The molecule has 0 spiro atoms. The topological polar surface area (TPSA) is 71.9 Å². The Bertz CT molecular complexity index is 726. The maximum Gasteiger partial charge on any atom is 0.420 e. The van der Waals surface area contributed by atoms with Crippen LogP contribution in [0.1, 0.15) is 11.1 Å². The van der Waals surface area contributed by atoms with Crippen molar-refractivity contribution in [2.45, 2.75) is 6.18 Å². The summed E-state index contributed by atoms with van der Waals surface area (Å²) in [5, 5.41) is 8.71. The highest BCUT2D eigenvalue weighted by Gasteiger charge is 2.35. The van der Waals surface area contributed by atoms with Crippen molar-refractivity contribution in [1.29, 1.82) is 5.26 Å². The Morgan fingerprint density at radius 3 is 2.57 bits per heavy atom. The lowest BCUT2D eigenvalue weighted by Gasteiger charge is -2.14. The second kappa shape index (κ2) is 5.50. The second-order valence-corrected chi connectivity index (χ2v) is 4.34. The maximum absolute atomic E-state index is 13.0. The van der Waals surface area contributed by atoms with Crippen LogP contribution in [-0.4, -0.2) is 4.98 Å². The molecule has 0 aliphatic carbocycles. The average molecular weight is 314 g/mol. The van der Waals surface area contributed by atoms with Crippen molar-refractivity contribution >= 4 is 17.3 Å². The quantitative estimate of drug-likeness (QED) is 0.851. The number of halogens is 4. The summed E-state index contributed by atoms with van der Waals surface area (Å²) in [6.07, 6.45) is -4.68. The SMILES string of the molecule is N#Cc1ccc(Oc2nc(Cl)ccc2N)c(C(F)(F)F)c1. The Hall–Kier alpha value is -2.46. The van der Waals surface area contributed by atoms with Crippen LogP contribution in [0.15, 0.2) is 30.3 Å². The molecule has 2 aromatic rings. The van der Waals surface area contributed by atoms with Gasteiger partial charge in [-0.05, 0) is 30.3 Å². The first kappa shape index (κ1) is 14.9. The molecule has 2 N–H and O–H groups in total. The van der Waals surface area contributed by atoms with Crippen LogP contribution in [0.3, 0.4) is 0 Å². The Labute approximate surface area is 122 Å². The zero-order chi connectivity index (χ0) is 15.6. The fraction of sp³-hybridized carbons (Fsp3) is 0.0769. The molecule has 0 atom stereocenters. The van der Waals surface area contributed by atoms with E-state index in [1.807, 2.05) is 0 Å². The normalized spacial score (nSPS) is 11.0. The van der Waals surface area contributed by atoms with Crippen LogP contribution in [0.2, 0.25) is 5.15 Å². The standard InChI is InChI=1S/C13H7ClF3N3O/c14-11-4-2-9(19)12(20-11)21-10-3-1-7(6-18)5-8(10)13(15,16)17/h1-5H,19H2. The average Bonchev–Trinajstić information content (AvgIpc) is 2.42. The van der Waals surface area contributed by atoms with Crippen LogP contribution in [0, 0.1) is 11.3 Å². The Morgan fingerprint density at radius 2 is 1.95 bits per heavy atom. The predicted molar refractivity (Wildman–Crippen MR) is 69.9 cm³/mol. The van der Waals surface area contributed by atoms with E-state index in [4.69, 9.17) is 27.3 Å². The molecule has 108 valence electrons. The summed E-state index contributed by atoms with van der Waals surface area (Å²) >= 11 is 5.65. The van der Waals surface area contributed by atoms with E-state index >= 15 is 0 Å². The number of nitrogens with two attached hydrogens (primary N) is 1. The zero-order valence-corrected chi connectivity index (χ0v) is 11.0. The van der Waals surface area contributed by atoms with Crippen molar-refractivity contribution in [2.75, 3.05) is 5.73 Å². The van der Waals surface area contributed by atoms with Gasteiger partial charge in [-0.25, -0.2) is 0 Å². The van der Waals surface area contributed by atoms with Gasteiger partial charge in [0.25, 0.3) is 0 Å². The Morgan fingerprint density at radius 1 is 1.24 bits per heavy atom. The number of nitrogens with zero attached hydrogens (tertiary/aromatic N) is 2. The van der Waals surface area contributed by atoms with Gasteiger partial charge in [0.15, 0.2) is 0 Å². The number of hydrogen-bond acceptors (Lipinski definition) is 4. The van der Waals surface area contributed by atoms with Gasteiger partial charge in [-0.15, -0.1) is 0 Å². The summed E-state index contributed by atoms with van der Waals surface area (Å²) in [4.78, 5) is 3.72. The lowest BCUT2D eigenvalue weighted by Crippen LogP contribution is -2.08. The van der Waals surface area contributed by atoms with Crippen LogP contribution in [-0.2, 0) is 6.18 Å². The van der Waals surface area contributed by atoms with Gasteiger partial charge in [-0.1, -0.05) is 11.6 Å². The number of pyridine rings is 1. The van der Waals surface area contributed by atoms with E-state index < -0.39 is 17.5 Å². The van der Waals surface area contributed by atoms with Crippen molar-refractivity contribution < 1.29 is 17.9 Å². The van der Waals surface area contributed by atoms with Crippen LogP contribution in [0.25, 0.3) is 0 Å².